The fourth-order valence-electron chi connectivity index (χ4n) is 4.07. The number of piperazine rings is 1. The summed E-state index contributed by atoms with van der Waals surface area (Å²) in [6.45, 7) is 3.78. The minimum absolute atomic E-state index is 0.258. The van der Waals surface area contributed by atoms with Gasteiger partial charge in [-0.15, -0.1) is 0 Å². The van der Waals surface area contributed by atoms with E-state index in [0.29, 0.717) is 6.04 Å². The molecule has 0 spiro atoms. The maximum absolute atomic E-state index is 10.1. The highest BCUT2D eigenvalue weighted by Crippen LogP contribution is 2.21. The van der Waals surface area contributed by atoms with E-state index in [0.717, 1.165) is 36.7 Å². The standard InChI is InChI=1S/C24H24N2OS/c27-22-14-8-7-13-21(22)24(28)26-17-15-25(16-18-26)23(19-9-3-1-4-10-19)20-11-5-2-6-12-20/h1-14,23,27H,15-18H2/p+1. The highest BCUT2D eigenvalue weighted by molar-refractivity contribution is 7.80. The number of phenols is 1. The number of thiocarbonyl (C=S) groups is 1. The molecule has 1 heterocycles. The van der Waals surface area contributed by atoms with Gasteiger partial charge in [0.1, 0.15) is 16.8 Å². The van der Waals surface area contributed by atoms with Crippen LogP contribution in [0.4, 0.5) is 0 Å². The quantitative estimate of drug-likeness (QED) is 0.672. The Bertz CT molecular complexity index is 882. The number of aromatic hydroxyl groups is 1. The largest absolute Gasteiger partial charge is 0.507 e. The van der Waals surface area contributed by atoms with Gasteiger partial charge in [-0.05, 0) is 12.1 Å². The smallest absolute Gasteiger partial charge is 0.139 e. The third-order valence-corrected chi connectivity index (χ3v) is 5.98. The summed E-state index contributed by atoms with van der Waals surface area (Å²) in [4.78, 5) is 4.52. The molecular weight excluding hydrogens is 364 g/mol. The number of benzene rings is 3. The molecule has 1 fully saturated rings. The van der Waals surface area contributed by atoms with Crippen molar-refractivity contribution < 1.29 is 10.0 Å². The lowest BCUT2D eigenvalue weighted by atomic mass is 9.96. The predicted molar refractivity (Wildman–Crippen MR) is 117 cm³/mol. The third-order valence-electron chi connectivity index (χ3n) is 5.50. The molecule has 1 aliphatic heterocycles. The Morgan fingerprint density at radius 1 is 0.786 bits per heavy atom. The van der Waals surface area contributed by atoms with Crippen LogP contribution in [0.2, 0.25) is 0 Å². The van der Waals surface area contributed by atoms with E-state index in [1.165, 1.54) is 11.1 Å². The van der Waals surface area contributed by atoms with Gasteiger partial charge < -0.3 is 14.9 Å². The molecule has 4 rings (SSSR count). The van der Waals surface area contributed by atoms with Crippen LogP contribution in [0.3, 0.4) is 0 Å². The second-order valence-electron chi connectivity index (χ2n) is 7.22. The van der Waals surface area contributed by atoms with Crippen molar-refractivity contribution in [2.45, 2.75) is 6.04 Å². The topological polar surface area (TPSA) is 27.9 Å². The average molecular weight is 390 g/mol. The van der Waals surface area contributed by atoms with Gasteiger partial charge in [-0.25, -0.2) is 0 Å². The second-order valence-corrected chi connectivity index (χ2v) is 7.61. The third kappa shape index (κ3) is 3.93. The number of phenolic OH excluding ortho intramolecular Hbond substituents is 1. The molecule has 0 amide bonds. The van der Waals surface area contributed by atoms with Crippen LogP contribution in [0.1, 0.15) is 22.7 Å². The molecule has 0 aliphatic carbocycles. The number of hydrogen-bond donors (Lipinski definition) is 2. The molecule has 4 heteroatoms. The number of rotatable bonds is 4. The van der Waals surface area contributed by atoms with E-state index < -0.39 is 0 Å². The van der Waals surface area contributed by atoms with Gasteiger partial charge in [-0.2, -0.15) is 0 Å². The van der Waals surface area contributed by atoms with Crippen LogP contribution in [-0.2, 0) is 0 Å². The Hall–Kier alpha value is -2.69. The number of para-hydroxylation sites is 1. The molecule has 0 aromatic heterocycles. The summed E-state index contributed by atoms with van der Waals surface area (Å²) in [7, 11) is 0. The molecule has 0 saturated carbocycles. The summed E-state index contributed by atoms with van der Waals surface area (Å²) in [5.41, 5.74) is 3.45. The first-order valence-corrected chi connectivity index (χ1v) is 10.2. The van der Waals surface area contributed by atoms with Crippen molar-refractivity contribution in [2.24, 2.45) is 0 Å². The van der Waals surface area contributed by atoms with E-state index in [2.05, 4.69) is 65.6 Å². The van der Waals surface area contributed by atoms with Crippen LogP contribution in [-0.4, -0.2) is 41.2 Å². The summed E-state index contributed by atoms with van der Waals surface area (Å²) in [6.07, 6.45) is 0. The lowest BCUT2D eigenvalue weighted by molar-refractivity contribution is -0.929. The molecule has 3 aromatic rings. The summed E-state index contributed by atoms with van der Waals surface area (Å²) in [6, 6.07) is 29.2. The van der Waals surface area contributed by atoms with Gasteiger partial charge in [0.25, 0.3) is 0 Å². The van der Waals surface area contributed by atoms with Crippen molar-refractivity contribution in [2.75, 3.05) is 26.2 Å². The summed E-state index contributed by atoms with van der Waals surface area (Å²) in [5, 5.41) is 10.1. The van der Waals surface area contributed by atoms with E-state index in [-0.39, 0.29) is 5.75 Å². The number of nitrogens with one attached hydrogen (secondary N) is 1. The Morgan fingerprint density at radius 2 is 1.29 bits per heavy atom. The van der Waals surface area contributed by atoms with Gasteiger partial charge in [0, 0.05) is 11.1 Å². The van der Waals surface area contributed by atoms with E-state index >= 15 is 0 Å². The van der Waals surface area contributed by atoms with E-state index in [1.54, 1.807) is 11.0 Å². The van der Waals surface area contributed by atoms with Gasteiger partial charge in [-0.3, -0.25) is 0 Å². The molecule has 142 valence electrons. The van der Waals surface area contributed by atoms with E-state index in [9.17, 15) is 5.11 Å². The molecule has 0 atom stereocenters. The molecule has 0 radical (unpaired) electrons. The van der Waals surface area contributed by atoms with Crippen LogP contribution in [0.5, 0.6) is 5.75 Å². The van der Waals surface area contributed by atoms with E-state index in [1.807, 2.05) is 18.2 Å². The van der Waals surface area contributed by atoms with Crippen molar-refractivity contribution in [3.05, 3.63) is 102 Å². The molecule has 1 aliphatic rings. The van der Waals surface area contributed by atoms with Crippen LogP contribution in [0.25, 0.3) is 0 Å². The Morgan fingerprint density at radius 3 is 1.82 bits per heavy atom. The normalized spacial score (nSPS) is 15.0. The number of hydrogen-bond acceptors (Lipinski definition) is 2. The SMILES string of the molecule is Oc1ccccc1C(=S)N1CC[NH+](C(c2ccccc2)c2ccccc2)CC1. The molecule has 2 N–H and O–H groups in total. The first-order valence-electron chi connectivity index (χ1n) is 9.76. The van der Waals surface area contributed by atoms with Gasteiger partial charge in [-0.1, -0.05) is 85.0 Å². The molecule has 1 saturated heterocycles. The molecule has 0 unspecified atom stereocenters. The molecule has 28 heavy (non-hydrogen) atoms. The first kappa shape index (κ1) is 18.7. The summed E-state index contributed by atoms with van der Waals surface area (Å²) >= 11 is 5.68. The van der Waals surface area contributed by atoms with Crippen LogP contribution in [0, 0.1) is 0 Å². The fraction of sp³-hybridized carbons (Fsp3) is 0.208. The monoisotopic (exact) mass is 389 g/mol. The molecular formula is C24H25N2OS+. The Labute approximate surface area is 171 Å². The predicted octanol–water partition coefficient (Wildman–Crippen LogP) is 3.06. The van der Waals surface area contributed by atoms with Crippen molar-refractivity contribution in [3.8, 4) is 5.75 Å². The Kier molecular flexibility index (Phi) is 5.70. The molecule has 3 nitrogen and oxygen atoms in total. The second kappa shape index (κ2) is 8.55. The molecule has 0 bridgehead atoms. The maximum atomic E-state index is 10.1. The maximum Gasteiger partial charge on any atom is 0.139 e. The zero-order valence-electron chi connectivity index (χ0n) is 15.8. The van der Waals surface area contributed by atoms with Crippen molar-refractivity contribution in [1.29, 1.82) is 0 Å². The highest BCUT2D eigenvalue weighted by Gasteiger charge is 2.31. The summed E-state index contributed by atoms with van der Waals surface area (Å²) < 4.78 is 0. The minimum Gasteiger partial charge on any atom is -0.507 e. The van der Waals surface area contributed by atoms with Crippen LogP contribution >= 0.6 is 12.2 Å². The lowest BCUT2D eigenvalue weighted by Gasteiger charge is -2.38. The fourth-order valence-corrected chi connectivity index (χ4v) is 4.42. The van der Waals surface area contributed by atoms with Crippen LogP contribution < -0.4 is 4.90 Å². The van der Waals surface area contributed by atoms with Gasteiger partial charge in [0.15, 0.2) is 0 Å². The van der Waals surface area contributed by atoms with Crippen LogP contribution in [0.15, 0.2) is 84.9 Å². The molecule has 3 aromatic carbocycles. The first-order chi connectivity index (χ1) is 13.7. The van der Waals surface area contributed by atoms with Crippen molar-refractivity contribution in [1.82, 2.24) is 4.90 Å². The summed E-state index contributed by atoms with van der Waals surface area (Å²) in [5.74, 6) is 0.258. The number of nitrogens with zero attached hydrogens (tertiary/aromatic N) is 1. The lowest BCUT2D eigenvalue weighted by Crippen LogP contribution is -3.15. The zero-order valence-corrected chi connectivity index (χ0v) is 16.6. The van der Waals surface area contributed by atoms with E-state index in [4.69, 9.17) is 12.2 Å². The van der Waals surface area contributed by atoms with Gasteiger partial charge in [0.05, 0.1) is 31.7 Å². The highest BCUT2D eigenvalue weighted by atomic mass is 32.1. The van der Waals surface area contributed by atoms with Crippen molar-refractivity contribution in [3.63, 3.8) is 0 Å². The Balaban J connectivity index is 1.52. The van der Waals surface area contributed by atoms with Gasteiger partial charge in [0.2, 0.25) is 0 Å². The van der Waals surface area contributed by atoms with Gasteiger partial charge >= 0.3 is 0 Å². The zero-order chi connectivity index (χ0) is 19.3. The minimum atomic E-state index is 0.258. The number of quaternary nitrogens is 1. The average Bonchev–Trinajstić information content (AvgIpc) is 2.76. The van der Waals surface area contributed by atoms with Crippen molar-refractivity contribution >= 4 is 17.2 Å².